The summed E-state index contributed by atoms with van der Waals surface area (Å²) >= 11 is 0. The fourth-order valence-electron chi connectivity index (χ4n) is 2.19. The predicted octanol–water partition coefficient (Wildman–Crippen LogP) is 3.35. The first kappa shape index (κ1) is 8.89. The third-order valence-electron chi connectivity index (χ3n) is 3.32. The van der Waals surface area contributed by atoms with Gasteiger partial charge < -0.3 is 0 Å². The lowest BCUT2D eigenvalue weighted by molar-refractivity contribution is -0.384. The van der Waals surface area contributed by atoms with Gasteiger partial charge >= 0.3 is 0 Å². The zero-order chi connectivity index (χ0) is 10.4. The Bertz CT molecular complexity index is 420. The van der Waals surface area contributed by atoms with E-state index in [1.54, 1.807) is 12.1 Å². The first-order valence-electron chi connectivity index (χ1n) is 5.54. The zero-order valence-electron chi connectivity index (χ0n) is 8.48. The molecular weight excluding hydrogens is 190 g/mol. The van der Waals surface area contributed by atoms with Crippen LogP contribution in [-0.2, 0) is 0 Å². The molecule has 0 atom stereocenters. The van der Waals surface area contributed by atoms with Gasteiger partial charge in [-0.05, 0) is 48.6 Å². The van der Waals surface area contributed by atoms with Crippen molar-refractivity contribution in [1.82, 2.24) is 0 Å². The fraction of sp³-hybridized carbons (Fsp3) is 0.500. The van der Waals surface area contributed by atoms with E-state index in [0.29, 0.717) is 11.8 Å². The number of hydrogen-bond acceptors (Lipinski definition) is 2. The largest absolute Gasteiger partial charge is 0.269 e. The van der Waals surface area contributed by atoms with Crippen molar-refractivity contribution in [3.63, 3.8) is 0 Å². The molecule has 15 heavy (non-hydrogen) atoms. The number of non-ortho nitro benzene ring substituents is 1. The molecule has 78 valence electrons. The second-order valence-corrected chi connectivity index (χ2v) is 4.62. The van der Waals surface area contributed by atoms with Crippen molar-refractivity contribution < 1.29 is 4.92 Å². The van der Waals surface area contributed by atoms with E-state index in [1.807, 2.05) is 6.07 Å². The van der Waals surface area contributed by atoms with E-state index in [4.69, 9.17) is 0 Å². The van der Waals surface area contributed by atoms with E-state index in [1.165, 1.54) is 36.8 Å². The van der Waals surface area contributed by atoms with Crippen LogP contribution in [0.5, 0.6) is 0 Å². The molecule has 3 rings (SSSR count). The van der Waals surface area contributed by atoms with Crippen LogP contribution in [0.25, 0.3) is 0 Å². The van der Waals surface area contributed by atoms with Crippen LogP contribution in [0, 0.1) is 10.1 Å². The van der Waals surface area contributed by atoms with Gasteiger partial charge in [0.15, 0.2) is 0 Å². The quantitative estimate of drug-likeness (QED) is 0.558. The van der Waals surface area contributed by atoms with Crippen molar-refractivity contribution in [2.75, 3.05) is 0 Å². The molecule has 1 aromatic rings. The van der Waals surface area contributed by atoms with Crippen LogP contribution in [0.4, 0.5) is 5.69 Å². The highest BCUT2D eigenvalue weighted by molar-refractivity contribution is 5.46. The van der Waals surface area contributed by atoms with Crippen molar-refractivity contribution in [3.05, 3.63) is 39.4 Å². The molecule has 2 fully saturated rings. The minimum absolute atomic E-state index is 0.251. The zero-order valence-corrected chi connectivity index (χ0v) is 8.48. The summed E-state index contributed by atoms with van der Waals surface area (Å²) < 4.78 is 0. The van der Waals surface area contributed by atoms with Gasteiger partial charge in [-0.2, -0.15) is 0 Å². The predicted molar refractivity (Wildman–Crippen MR) is 57.0 cm³/mol. The number of nitro groups is 1. The summed E-state index contributed by atoms with van der Waals surface area (Å²) in [6.07, 6.45) is 4.94. The molecule has 2 aliphatic carbocycles. The minimum Gasteiger partial charge on any atom is -0.258 e. The summed E-state index contributed by atoms with van der Waals surface area (Å²) in [5.41, 5.74) is 2.89. The molecule has 0 aromatic heterocycles. The Kier molecular flexibility index (Phi) is 1.81. The van der Waals surface area contributed by atoms with Gasteiger partial charge in [0.25, 0.3) is 5.69 Å². The summed E-state index contributed by atoms with van der Waals surface area (Å²) in [6, 6.07) is 5.42. The number of hydrogen-bond donors (Lipinski definition) is 0. The summed E-state index contributed by atoms with van der Waals surface area (Å²) in [5, 5.41) is 10.7. The van der Waals surface area contributed by atoms with Crippen LogP contribution in [0.15, 0.2) is 18.2 Å². The molecule has 0 saturated heterocycles. The van der Waals surface area contributed by atoms with Gasteiger partial charge in [0.2, 0.25) is 0 Å². The van der Waals surface area contributed by atoms with Crippen LogP contribution in [0.2, 0.25) is 0 Å². The molecule has 0 spiro atoms. The van der Waals surface area contributed by atoms with Crippen LogP contribution < -0.4 is 0 Å². The maximum absolute atomic E-state index is 10.7. The lowest BCUT2D eigenvalue weighted by Crippen LogP contribution is -1.94. The van der Waals surface area contributed by atoms with Crippen LogP contribution >= 0.6 is 0 Å². The summed E-state index contributed by atoms with van der Waals surface area (Å²) in [7, 11) is 0. The van der Waals surface area contributed by atoms with Crippen LogP contribution in [0.3, 0.4) is 0 Å². The maximum Gasteiger partial charge on any atom is 0.269 e. The number of benzene rings is 1. The Morgan fingerprint density at radius 2 is 1.67 bits per heavy atom. The highest BCUT2D eigenvalue weighted by Crippen LogP contribution is 2.49. The van der Waals surface area contributed by atoms with Crippen LogP contribution in [-0.4, -0.2) is 4.92 Å². The minimum atomic E-state index is -0.289. The van der Waals surface area contributed by atoms with E-state index in [9.17, 15) is 10.1 Å². The fourth-order valence-corrected chi connectivity index (χ4v) is 2.19. The number of rotatable bonds is 3. The molecule has 0 unspecified atom stereocenters. The van der Waals surface area contributed by atoms with E-state index in [0.717, 1.165) is 0 Å². The summed E-state index contributed by atoms with van der Waals surface area (Å²) in [4.78, 5) is 10.4. The molecule has 3 heteroatoms. The van der Waals surface area contributed by atoms with Gasteiger partial charge in [0.05, 0.1) is 4.92 Å². The van der Waals surface area contributed by atoms with Crippen molar-refractivity contribution >= 4 is 5.69 Å². The molecule has 3 nitrogen and oxygen atoms in total. The molecule has 0 N–H and O–H groups in total. The van der Waals surface area contributed by atoms with Gasteiger partial charge in [0, 0.05) is 12.1 Å². The van der Waals surface area contributed by atoms with E-state index in [2.05, 4.69) is 0 Å². The second kappa shape index (κ2) is 3.05. The molecule has 0 amide bonds. The number of nitro benzene ring substituents is 1. The maximum atomic E-state index is 10.7. The lowest BCUT2D eigenvalue weighted by Gasteiger charge is -2.06. The average Bonchev–Trinajstić information content (AvgIpc) is 3.08. The Balaban J connectivity index is 2.03. The van der Waals surface area contributed by atoms with Gasteiger partial charge in [0.1, 0.15) is 0 Å². The van der Waals surface area contributed by atoms with E-state index in [-0.39, 0.29) is 10.6 Å². The highest BCUT2D eigenvalue weighted by atomic mass is 16.6. The molecule has 2 saturated carbocycles. The summed E-state index contributed by atoms with van der Waals surface area (Å²) in [5.74, 6) is 1.31. The third-order valence-corrected chi connectivity index (χ3v) is 3.32. The first-order chi connectivity index (χ1) is 7.25. The second-order valence-electron chi connectivity index (χ2n) is 4.62. The van der Waals surface area contributed by atoms with Gasteiger partial charge in [-0.15, -0.1) is 0 Å². The number of nitrogens with zero attached hydrogens (tertiary/aromatic N) is 1. The standard InChI is InChI=1S/C12H13NO2/c14-13(15)10-5-6-11(8-1-2-8)12(7-10)9-3-4-9/h5-9H,1-4H2. The van der Waals surface area contributed by atoms with Gasteiger partial charge in [-0.25, -0.2) is 0 Å². The van der Waals surface area contributed by atoms with Crippen molar-refractivity contribution in [2.45, 2.75) is 37.5 Å². The lowest BCUT2D eigenvalue weighted by atomic mass is 9.99. The molecule has 0 radical (unpaired) electrons. The molecule has 0 aliphatic heterocycles. The molecular formula is C12H13NO2. The van der Waals surface area contributed by atoms with E-state index >= 15 is 0 Å². The highest BCUT2D eigenvalue weighted by Gasteiger charge is 2.33. The first-order valence-corrected chi connectivity index (χ1v) is 5.54. The van der Waals surface area contributed by atoms with Crippen molar-refractivity contribution in [3.8, 4) is 0 Å². The average molecular weight is 203 g/mol. The topological polar surface area (TPSA) is 43.1 Å². The van der Waals surface area contributed by atoms with E-state index < -0.39 is 0 Å². The normalized spacial score (nSPS) is 20.3. The SMILES string of the molecule is O=[N+]([O-])c1ccc(C2CC2)c(C2CC2)c1. The summed E-state index contributed by atoms with van der Waals surface area (Å²) in [6.45, 7) is 0. The van der Waals surface area contributed by atoms with Gasteiger partial charge in [-0.3, -0.25) is 10.1 Å². The van der Waals surface area contributed by atoms with Crippen LogP contribution in [0.1, 0.15) is 48.6 Å². The molecule has 0 heterocycles. The Morgan fingerprint density at radius 1 is 1.07 bits per heavy atom. The smallest absolute Gasteiger partial charge is 0.258 e. The Morgan fingerprint density at radius 3 is 2.20 bits per heavy atom. The van der Waals surface area contributed by atoms with Gasteiger partial charge in [-0.1, -0.05) is 6.07 Å². The molecule has 2 aliphatic rings. The Labute approximate surface area is 88.3 Å². The third kappa shape index (κ3) is 1.62. The Hall–Kier alpha value is -1.38. The monoisotopic (exact) mass is 203 g/mol. The van der Waals surface area contributed by atoms with Crippen molar-refractivity contribution in [2.24, 2.45) is 0 Å². The molecule has 0 bridgehead atoms. The van der Waals surface area contributed by atoms with Crippen molar-refractivity contribution in [1.29, 1.82) is 0 Å². The molecule has 1 aromatic carbocycles.